The van der Waals surface area contributed by atoms with Crippen LogP contribution in [0.2, 0.25) is 0 Å². The SMILES string of the molecule is CC(C)C.CSc1ccc(NC(=O)C(C)(C)Br)cc1.CSc1ccc(NC(=O)C(C)(C)Br)cc1.CSc1ccc(NC(=O)C(C)(C)Br)cc1.P. The minimum atomic E-state index is -0.537. The Bertz CT molecular complexity index is 1250. The maximum Gasteiger partial charge on any atom is 0.240 e. The zero-order valence-electron chi connectivity index (χ0n) is 31.3. The van der Waals surface area contributed by atoms with Crippen LogP contribution in [0.25, 0.3) is 0 Å². The minimum Gasteiger partial charge on any atom is -0.325 e. The average Bonchev–Trinajstić information content (AvgIpc) is 3.01. The number of carbonyl (C=O) groups is 3. The lowest BCUT2D eigenvalue weighted by molar-refractivity contribution is -0.118. The van der Waals surface area contributed by atoms with Gasteiger partial charge in [-0.05, 0) is 139 Å². The number of halogens is 3. The molecular weight excluding hydrogens is 901 g/mol. The van der Waals surface area contributed by atoms with Crippen molar-refractivity contribution in [3.63, 3.8) is 0 Å². The molecule has 3 aromatic carbocycles. The van der Waals surface area contributed by atoms with E-state index >= 15 is 0 Å². The van der Waals surface area contributed by atoms with Crippen molar-refractivity contribution in [2.24, 2.45) is 5.92 Å². The van der Waals surface area contributed by atoms with Gasteiger partial charge in [0, 0.05) is 31.7 Å². The normalized spacial score (nSPS) is 10.8. The predicted molar refractivity (Wildman–Crippen MR) is 241 cm³/mol. The van der Waals surface area contributed by atoms with Crippen LogP contribution >= 0.6 is 93.0 Å². The molecule has 0 bridgehead atoms. The number of anilines is 3. The summed E-state index contributed by atoms with van der Waals surface area (Å²) >= 11 is 15.0. The molecule has 0 aliphatic heterocycles. The summed E-state index contributed by atoms with van der Waals surface area (Å²) in [5.74, 6) is 0.707. The molecule has 0 aliphatic rings. The van der Waals surface area contributed by atoms with E-state index in [9.17, 15) is 14.4 Å². The fourth-order valence-corrected chi connectivity index (χ4v) is 4.38. The quantitative estimate of drug-likeness (QED) is 0.113. The van der Waals surface area contributed by atoms with Crippen LogP contribution in [0.15, 0.2) is 87.5 Å². The number of rotatable bonds is 9. The fraction of sp³-hybridized carbons (Fsp3) is 0.432. The maximum atomic E-state index is 11.6. The highest BCUT2D eigenvalue weighted by atomic mass is 79.9. The Balaban J connectivity index is 0. The second-order valence-electron chi connectivity index (χ2n) is 12.7. The molecule has 6 nitrogen and oxygen atoms in total. The van der Waals surface area contributed by atoms with Gasteiger partial charge in [0.05, 0.1) is 13.0 Å². The van der Waals surface area contributed by atoms with Crippen LogP contribution in [0.4, 0.5) is 17.1 Å². The Morgan fingerprint density at radius 3 is 0.760 bits per heavy atom. The van der Waals surface area contributed by atoms with E-state index in [-0.39, 0.29) is 27.6 Å². The van der Waals surface area contributed by atoms with E-state index in [4.69, 9.17) is 0 Å². The number of carbonyl (C=O) groups excluding carboxylic acids is 3. The molecule has 3 rings (SSSR count). The topological polar surface area (TPSA) is 87.3 Å². The second-order valence-corrected chi connectivity index (χ2v) is 21.3. The van der Waals surface area contributed by atoms with Gasteiger partial charge in [-0.25, -0.2) is 0 Å². The molecule has 3 aromatic rings. The van der Waals surface area contributed by atoms with Gasteiger partial charge in [0.1, 0.15) is 0 Å². The fourth-order valence-electron chi connectivity index (χ4n) is 2.86. The molecule has 0 radical (unpaired) electrons. The van der Waals surface area contributed by atoms with Crippen molar-refractivity contribution in [3.8, 4) is 0 Å². The maximum absolute atomic E-state index is 11.6. The summed E-state index contributed by atoms with van der Waals surface area (Å²) in [6.45, 7) is 17.4. The lowest BCUT2D eigenvalue weighted by Crippen LogP contribution is -2.30. The summed E-state index contributed by atoms with van der Waals surface area (Å²) < 4.78 is -1.61. The van der Waals surface area contributed by atoms with E-state index in [1.807, 2.05) is 133 Å². The third kappa shape index (κ3) is 23.5. The first kappa shape index (κ1) is 51.1. The molecule has 0 heterocycles. The first-order chi connectivity index (χ1) is 22.5. The van der Waals surface area contributed by atoms with Crippen LogP contribution < -0.4 is 16.0 Å². The molecule has 0 saturated carbocycles. The van der Waals surface area contributed by atoms with E-state index in [0.717, 1.165) is 23.0 Å². The average molecular weight is 957 g/mol. The third-order valence-electron chi connectivity index (χ3n) is 5.66. The molecular formula is C37H55Br3N3O3PS3. The first-order valence-electron chi connectivity index (χ1n) is 15.5. The monoisotopic (exact) mass is 953 g/mol. The van der Waals surface area contributed by atoms with Gasteiger partial charge < -0.3 is 16.0 Å². The number of hydrogen-bond acceptors (Lipinski definition) is 6. The van der Waals surface area contributed by atoms with Crippen LogP contribution in [-0.4, -0.2) is 49.5 Å². The second kappa shape index (κ2) is 25.1. The standard InChI is InChI=1S/3C11H14BrNOS.C4H10.H3P/c3*1-11(2,12)10(14)13-8-4-6-9(15-3)7-5-8;1-4(2)3;/h3*4-7H,1-3H3,(H,13,14);4H,1-3H3;1H3. The Hall–Kier alpha value is -1.01. The van der Waals surface area contributed by atoms with Crippen LogP contribution in [0.1, 0.15) is 62.3 Å². The van der Waals surface area contributed by atoms with Crippen molar-refractivity contribution in [2.45, 2.75) is 90.0 Å². The van der Waals surface area contributed by atoms with Gasteiger partial charge in [-0.3, -0.25) is 14.4 Å². The Labute approximate surface area is 342 Å². The summed E-state index contributed by atoms with van der Waals surface area (Å²) in [4.78, 5) is 38.4. The van der Waals surface area contributed by atoms with Gasteiger partial charge in [-0.2, -0.15) is 9.90 Å². The van der Waals surface area contributed by atoms with Gasteiger partial charge in [0.2, 0.25) is 17.7 Å². The van der Waals surface area contributed by atoms with Crippen molar-refractivity contribution in [3.05, 3.63) is 72.8 Å². The lowest BCUT2D eigenvalue weighted by Gasteiger charge is -2.15. The highest BCUT2D eigenvalue weighted by Crippen LogP contribution is 2.23. The number of hydrogen-bond donors (Lipinski definition) is 3. The highest BCUT2D eigenvalue weighted by molar-refractivity contribution is 9.10. The van der Waals surface area contributed by atoms with Gasteiger partial charge in [-0.1, -0.05) is 68.6 Å². The van der Waals surface area contributed by atoms with Crippen molar-refractivity contribution >= 4 is 128 Å². The van der Waals surface area contributed by atoms with Crippen molar-refractivity contribution < 1.29 is 14.4 Å². The molecule has 1 atom stereocenters. The Morgan fingerprint density at radius 1 is 0.480 bits per heavy atom. The van der Waals surface area contributed by atoms with Crippen LogP contribution in [0.3, 0.4) is 0 Å². The van der Waals surface area contributed by atoms with E-state index in [1.54, 1.807) is 35.3 Å². The van der Waals surface area contributed by atoms with Gasteiger partial charge >= 0.3 is 0 Å². The largest absolute Gasteiger partial charge is 0.325 e. The molecule has 0 fully saturated rings. The minimum absolute atomic E-state index is 0. The third-order valence-corrected chi connectivity index (χ3v) is 8.97. The van der Waals surface area contributed by atoms with Crippen LogP contribution in [-0.2, 0) is 14.4 Å². The van der Waals surface area contributed by atoms with Gasteiger partial charge in [-0.15, -0.1) is 35.3 Å². The zero-order valence-corrected chi connectivity index (χ0v) is 39.9. The van der Waals surface area contributed by atoms with Crippen molar-refractivity contribution in [2.75, 3.05) is 34.7 Å². The molecule has 3 N–H and O–H groups in total. The molecule has 280 valence electrons. The number of benzene rings is 3. The van der Waals surface area contributed by atoms with E-state index in [2.05, 4.69) is 84.5 Å². The summed E-state index contributed by atoms with van der Waals surface area (Å²) in [6, 6.07) is 23.4. The number of nitrogens with one attached hydrogen (secondary N) is 3. The zero-order chi connectivity index (χ0) is 38.0. The van der Waals surface area contributed by atoms with E-state index in [1.165, 1.54) is 14.7 Å². The number of thioether (sulfide) groups is 3. The van der Waals surface area contributed by atoms with Gasteiger partial charge in [0.25, 0.3) is 0 Å². The molecule has 1 unspecified atom stereocenters. The molecule has 0 aliphatic carbocycles. The number of alkyl halides is 3. The summed E-state index contributed by atoms with van der Waals surface area (Å²) in [7, 11) is 0. The highest BCUT2D eigenvalue weighted by Gasteiger charge is 2.24. The molecule has 0 spiro atoms. The molecule has 0 saturated heterocycles. The van der Waals surface area contributed by atoms with E-state index in [0.29, 0.717) is 0 Å². The van der Waals surface area contributed by atoms with Gasteiger partial charge in [0.15, 0.2) is 0 Å². The first-order valence-corrected chi connectivity index (χ1v) is 21.5. The van der Waals surface area contributed by atoms with Crippen molar-refractivity contribution in [1.82, 2.24) is 0 Å². The Morgan fingerprint density at radius 2 is 0.640 bits per heavy atom. The summed E-state index contributed by atoms with van der Waals surface area (Å²) in [5.41, 5.74) is 2.47. The predicted octanol–water partition coefficient (Wildman–Crippen LogP) is 12.3. The van der Waals surface area contributed by atoms with Crippen LogP contribution in [0, 0.1) is 5.92 Å². The van der Waals surface area contributed by atoms with Crippen molar-refractivity contribution in [1.29, 1.82) is 0 Å². The summed E-state index contributed by atoms with van der Waals surface area (Å²) in [5, 5.41) is 8.51. The van der Waals surface area contributed by atoms with E-state index < -0.39 is 13.0 Å². The van der Waals surface area contributed by atoms with Crippen LogP contribution in [0.5, 0.6) is 0 Å². The number of amides is 3. The summed E-state index contributed by atoms with van der Waals surface area (Å²) in [6.07, 6.45) is 6.07. The molecule has 0 aromatic heterocycles. The molecule has 50 heavy (non-hydrogen) atoms. The molecule has 13 heteroatoms. The Kier molecular flexibility index (Phi) is 25.6. The smallest absolute Gasteiger partial charge is 0.240 e. The lowest BCUT2D eigenvalue weighted by atomic mass is 10.2. The molecule has 3 amide bonds.